The molecule has 2 aromatic rings. The van der Waals surface area contributed by atoms with E-state index in [-0.39, 0.29) is 23.5 Å². The quantitative estimate of drug-likeness (QED) is 0.639. The highest BCUT2D eigenvalue weighted by Gasteiger charge is 2.20. The van der Waals surface area contributed by atoms with Crippen molar-refractivity contribution < 1.29 is 9.53 Å². The zero-order valence-electron chi connectivity index (χ0n) is 16.4. The highest BCUT2D eigenvalue weighted by atomic mass is 32.2. The molecule has 1 aromatic heterocycles. The number of aromatic amines is 1. The molecule has 0 spiro atoms. The number of hydrogen-bond acceptors (Lipinski definition) is 6. The molecule has 0 aliphatic carbocycles. The first-order valence-electron chi connectivity index (χ1n) is 10.2. The summed E-state index contributed by atoms with van der Waals surface area (Å²) in [5, 5.41) is 9.94. The van der Waals surface area contributed by atoms with Crippen LogP contribution in [0.4, 0.5) is 5.69 Å². The maximum absolute atomic E-state index is 12.3. The van der Waals surface area contributed by atoms with E-state index in [1.165, 1.54) is 43.3 Å². The summed E-state index contributed by atoms with van der Waals surface area (Å²) in [5.74, 6) is 0.0622. The van der Waals surface area contributed by atoms with Gasteiger partial charge in [0.25, 0.3) is 0 Å². The van der Waals surface area contributed by atoms with Crippen LogP contribution in [-0.2, 0) is 22.6 Å². The number of rotatable bonds is 8. The molecule has 0 unspecified atom stereocenters. The van der Waals surface area contributed by atoms with Gasteiger partial charge in [-0.3, -0.25) is 14.3 Å². The molecule has 2 saturated heterocycles. The average Bonchev–Trinajstić information content (AvgIpc) is 3.47. The molecular weight excluding hydrogens is 390 g/mol. The number of likely N-dealkylation sites (tertiary alicyclic amines) is 1. The third-order valence-electron chi connectivity index (χ3n) is 5.31. The molecule has 0 radical (unpaired) electrons. The second-order valence-corrected chi connectivity index (χ2v) is 8.52. The Hall–Kier alpha value is -2.10. The molecule has 3 heterocycles. The van der Waals surface area contributed by atoms with E-state index >= 15 is 0 Å². The molecule has 156 valence electrons. The highest BCUT2D eigenvalue weighted by molar-refractivity contribution is 7.99. The minimum Gasteiger partial charge on any atom is -0.376 e. The average molecular weight is 418 g/mol. The van der Waals surface area contributed by atoms with Crippen molar-refractivity contribution in [2.45, 2.75) is 50.0 Å². The van der Waals surface area contributed by atoms with Crippen LogP contribution in [0, 0.1) is 0 Å². The van der Waals surface area contributed by atoms with Gasteiger partial charge >= 0.3 is 5.69 Å². The summed E-state index contributed by atoms with van der Waals surface area (Å²) in [6.45, 7) is 4.50. The van der Waals surface area contributed by atoms with Crippen LogP contribution in [0.3, 0.4) is 0 Å². The lowest BCUT2D eigenvalue weighted by molar-refractivity contribution is -0.113. The normalized spacial score (nSPS) is 19.7. The van der Waals surface area contributed by atoms with E-state index in [0.717, 1.165) is 31.7 Å². The van der Waals surface area contributed by atoms with Gasteiger partial charge in [0.05, 0.1) is 18.4 Å². The number of amides is 1. The number of nitrogens with one attached hydrogen (secondary N) is 2. The van der Waals surface area contributed by atoms with Gasteiger partial charge in [0, 0.05) is 18.8 Å². The molecule has 0 bridgehead atoms. The van der Waals surface area contributed by atoms with Crippen molar-refractivity contribution in [1.82, 2.24) is 19.7 Å². The number of H-pyrrole nitrogens is 1. The third kappa shape index (κ3) is 5.49. The van der Waals surface area contributed by atoms with E-state index in [1.54, 1.807) is 4.57 Å². The number of hydrogen-bond donors (Lipinski definition) is 2. The van der Waals surface area contributed by atoms with E-state index in [9.17, 15) is 9.59 Å². The van der Waals surface area contributed by atoms with Crippen LogP contribution >= 0.6 is 11.8 Å². The Morgan fingerprint density at radius 2 is 2.03 bits per heavy atom. The summed E-state index contributed by atoms with van der Waals surface area (Å²) in [7, 11) is 0. The summed E-state index contributed by atoms with van der Waals surface area (Å²) in [6, 6.07) is 8.01. The van der Waals surface area contributed by atoms with Gasteiger partial charge in [0.1, 0.15) is 0 Å². The van der Waals surface area contributed by atoms with E-state index in [4.69, 9.17) is 4.74 Å². The van der Waals surface area contributed by atoms with Crippen LogP contribution in [0.25, 0.3) is 0 Å². The Bertz CT molecular complexity index is 867. The minimum atomic E-state index is -0.267. The maximum Gasteiger partial charge on any atom is 0.344 e. The zero-order valence-corrected chi connectivity index (χ0v) is 17.2. The van der Waals surface area contributed by atoms with Crippen molar-refractivity contribution in [2.24, 2.45) is 0 Å². The molecule has 2 aliphatic rings. The predicted octanol–water partition coefficient (Wildman–Crippen LogP) is 2.08. The molecule has 1 atom stereocenters. The number of ether oxygens (including phenoxy) is 1. The van der Waals surface area contributed by atoms with Crippen LogP contribution < -0.4 is 11.0 Å². The van der Waals surface area contributed by atoms with E-state index in [0.29, 0.717) is 11.7 Å². The second-order valence-electron chi connectivity index (χ2n) is 7.57. The monoisotopic (exact) mass is 417 g/mol. The number of aromatic nitrogens is 3. The van der Waals surface area contributed by atoms with Crippen molar-refractivity contribution in [1.29, 1.82) is 0 Å². The summed E-state index contributed by atoms with van der Waals surface area (Å²) in [6.07, 6.45) is 4.55. The van der Waals surface area contributed by atoms with Crippen molar-refractivity contribution in [2.75, 3.05) is 30.8 Å². The lowest BCUT2D eigenvalue weighted by Crippen LogP contribution is -2.25. The lowest BCUT2D eigenvalue weighted by atomic mass is 10.2. The minimum absolute atomic E-state index is 0.0394. The SMILES string of the molecule is O=C(CSc1n[nH]c(=O)n1C[C@H]1CCCO1)Nc1ccc(CN2CCCC2)cc1. The maximum atomic E-state index is 12.3. The number of benzene rings is 1. The first-order chi connectivity index (χ1) is 14.2. The molecule has 1 aromatic carbocycles. The Balaban J connectivity index is 1.27. The van der Waals surface area contributed by atoms with Crippen LogP contribution in [0.2, 0.25) is 0 Å². The van der Waals surface area contributed by atoms with Crippen LogP contribution in [-0.4, -0.2) is 57.1 Å². The molecule has 4 rings (SSSR count). The predicted molar refractivity (Wildman–Crippen MR) is 112 cm³/mol. The molecule has 8 nitrogen and oxygen atoms in total. The van der Waals surface area contributed by atoms with Gasteiger partial charge in [0.2, 0.25) is 5.91 Å². The number of carbonyl (C=O) groups excluding carboxylic acids is 1. The van der Waals surface area contributed by atoms with Crippen LogP contribution in [0.5, 0.6) is 0 Å². The van der Waals surface area contributed by atoms with E-state index in [1.807, 2.05) is 12.1 Å². The fraction of sp³-hybridized carbons (Fsp3) is 0.550. The van der Waals surface area contributed by atoms with Crippen molar-refractivity contribution >= 4 is 23.4 Å². The topological polar surface area (TPSA) is 92.2 Å². The molecule has 29 heavy (non-hydrogen) atoms. The molecule has 9 heteroatoms. The highest BCUT2D eigenvalue weighted by Crippen LogP contribution is 2.19. The smallest absolute Gasteiger partial charge is 0.344 e. The Morgan fingerprint density at radius 1 is 1.24 bits per heavy atom. The van der Waals surface area contributed by atoms with Crippen LogP contribution in [0.1, 0.15) is 31.2 Å². The third-order valence-corrected chi connectivity index (χ3v) is 6.28. The van der Waals surface area contributed by atoms with Gasteiger partial charge in [-0.2, -0.15) is 0 Å². The summed E-state index contributed by atoms with van der Waals surface area (Å²) in [4.78, 5) is 26.8. The van der Waals surface area contributed by atoms with Crippen molar-refractivity contribution in [3.8, 4) is 0 Å². The lowest BCUT2D eigenvalue weighted by Gasteiger charge is -2.14. The van der Waals surface area contributed by atoms with Gasteiger partial charge in [-0.15, -0.1) is 5.10 Å². The molecular formula is C20H27N5O3S. The standard InChI is InChI=1S/C20H27N5O3S/c26-18(21-16-7-5-15(6-8-16)12-24-9-1-2-10-24)14-29-20-23-22-19(27)25(20)13-17-4-3-11-28-17/h5-8,17H,1-4,9-14H2,(H,21,26)(H,22,27)/t17-/m1/s1. The van der Waals surface area contributed by atoms with E-state index < -0.39 is 0 Å². The van der Waals surface area contributed by atoms with Crippen molar-refractivity contribution in [3.63, 3.8) is 0 Å². The fourth-order valence-electron chi connectivity index (χ4n) is 3.79. The molecule has 2 fully saturated rings. The van der Waals surface area contributed by atoms with Gasteiger partial charge in [0.15, 0.2) is 5.16 Å². The first-order valence-corrected chi connectivity index (χ1v) is 11.2. The number of carbonyl (C=O) groups is 1. The molecule has 0 saturated carbocycles. The fourth-order valence-corrected chi connectivity index (χ4v) is 4.54. The summed E-state index contributed by atoms with van der Waals surface area (Å²) < 4.78 is 7.16. The van der Waals surface area contributed by atoms with Gasteiger partial charge in [-0.25, -0.2) is 9.89 Å². The summed E-state index contributed by atoms with van der Waals surface area (Å²) >= 11 is 1.25. The molecule has 1 amide bonds. The largest absolute Gasteiger partial charge is 0.376 e. The van der Waals surface area contributed by atoms with Crippen molar-refractivity contribution in [3.05, 3.63) is 40.3 Å². The van der Waals surface area contributed by atoms with E-state index in [2.05, 4.69) is 32.5 Å². The molecule has 2 N–H and O–H groups in total. The second kappa shape index (κ2) is 9.60. The molecule has 2 aliphatic heterocycles. The number of thioether (sulfide) groups is 1. The van der Waals surface area contributed by atoms with Gasteiger partial charge in [-0.05, 0) is 56.5 Å². The number of anilines is 1. The summed E-state index contributed by atoms with van der Waals surface area (Å²) in [5.41, 5.74) is 1.77. The Kier molecular flexibility index (Phi) is 6.68. The zero-order chi connectivity index (χ0) is 20.1. The Morgan fingerprint density at radius 3 is 2.76 bits per heavy atom. The Labute approximate surface area is 174 Å². The van der Waals surface area contributed by atoms with Crippen LogP contribution in [0.15, 0.2) is 34.2 Å². The number of nitrogens with zero attached hydrogens (tertiary/aromatic N) is 3. The van der Waals surface area contributed by atoms with Gasteiger partial charge in [-0.1, -0.05) is 23.9 Å². The first kappa shape index (κ1) is 20.2. The van der Waals surface area contributed by atoms with Gasteiger partial charge < -0.3 is 10.1 Å².